The molecule has 0 aliphatic rings. The van der Waals surface area contributed by atoms with Gasteiger partial charge >= 0.3 is 0 Å². The van der Waals surface area contributed by atoms with Gasteiger partial charge in [-0.25, -0.2) is 0 Å². The fourth-order valence-corrected chi connectivity index (χ4v) is 1.60. The average molecular weight is 176 g/mol. The van der Waals surface area contributed by atoms with Gasteiger partial charge in [0.05, 0.1) is 0 Å². The number of aryl methyl sites for hydroxylation is 2. The molecule has 0 bridgehead atoms. The average Bonchev–Trinajstić information content (AvgIpc) is 2.16. The van der Waals surface area contributed by atoms with Crippen LogP contribution in [-0.4, -0.2) is 5.78 Å². The van der Waals surface area contributed by atoms with Gasteiger partial charge in [0.25, 0.3) is 0 Å². The lowest BCUT2D eigenvalue weighted by Gasteiger charge is -2.08. The maximum absolute atomic E-state index is 11.6. The van der Waals surface area contributed by atoms with E-state index in [0.717, 1.165) is 17.5 Å². The van der Waals surface area contributed by atoms with Crippen molar-refractivity contribution < 1.29 is 4.79 Å². The van der Waals surface area contributed by atoms with Gasteiger partial charge in [0.1, 0.15) is 0 Å². The number of ketones is 1. The highest BCUT2D eigenvalue weighted by Gasteiger charge is 2.10. The predicted molar refractivity (Wildman–Crippen MR) is 55.2 cm³/mol. The fraction of sp³-hybridized carbons (Fsp3) is 0.417. The van der Waals surface area contributed by atoms with Crippen LogP contribution in [0.15, 0.2) is 18.2 Å². The van der Waals surface area contributed by atoms with E-state index in [0.29, 0.717) is 6.42 Å². The zero-order valence-electron chi connectivity index (χ0n) is 8.55. The molecule has 0 saturated carbocycles. The Morgan fingerprint density at radius 2 is 2.00 bits per heavy atom. The molecule has 1 nitrogen and oxygen atoms in total. The quantitative estimate of drug-likeness (QED) is 0.646. The molecule has 0 aliphatic heterocycles. The standard InChI is InChI=1S/C12H16O/c1-4-10-8-6-7-9(3)12(10)11(13)5-2/h6-8H,4-5H2,1-3H3. The Balaban J connectivity index is 3.22. The van der Waals surface area contributed by atoms with Crippen molar-refractivity contribution >= 4 is 5.78 Å². The Hall–Kier alpha value is -1.11. The Morgan fingerprint density at radius 1 is 1.31 bits per heavy atom. The number of carbonyl (C=O) groups excluding carboxylic acids is 1. The van der Waals surface area contributed by atoms with Crippen molar-refractivity contribution in [2.24, 2.45) is 0 Å². The first kappa shape index (κ1) is 9.97. The molecule has 0 saturated heterocycles. The lowest BCUT2D eigenvalue weighted by molar-refractivity contribution is 0.0986. The Morgan fingerprint density at radius 3 is 2.54 bits per heavy atom. The molecule has 1 aromatic rings. The Bertz CT molecular complexity index is 313. The summed E-state index contributed by atoms with van der Waals surface area (Å²) in [5, 5.41) is 0. The van der Waals surface area contributed by atoms with Crippen LogP contribution in [-0.2, 0) is 6.42 Å². The molecule has 0 atom stereocenters. The maximum atomic E-state index is 11.6. The van der Waals surface area contributed by atoms with Gasteiger partial charge in [0.2, 0.25) is 0 Å². The van der Waals surface area contributed by atoms with Gasteiger partial charge in [-0.15, -0.1) is 0 Å². The summed E-state index contributed by atoms with van der Waals surface area (Å²) in [6.45, 7) is 6.00. The van der Waals surface area contributed by atoms with Crippen LogP contribution in [0.3, 0.4) is 0 Å². The Kier molecular flexibility index (Phi) is 3.24. The number of hydrogen-bond acceptors (Lipinski definition) is 1. The molecular weight excluding hydrogens is 160 g/mol. The molecule has 0 aliphatic carbocycles. The first-order valence-electron chi connectivity index (χ1n) is 4.82. The van der Waals surface area contributed by atoms with E-state index in [1.54, 1.807) is 0 Å². The molecule has 0 fully saturated rings. The smallest absolute Gasteiger partial charge is 0.163 e. The fourth-order valence-electron chi connectivity index (χ4n) is 1.60. The first-order chi connectivity index (χ1) is 6.20. The highest BCUT2D eigenvalue weighted by Crippen LogP contribution is 2.16. The van der Waals surface area contributed by atoms with Crippen molar-refractivity contribution in [3.8, 4) is 0 Å². The van der Waals surface area contributed by atoms with Crippen LogP contribution in [0.1, 0.15) is 41.8 Å². The second-order valence-corrected chi connectivity index (χ2v) is 3.24. The van der Waals surface area contributed by atoms with E-state index in [2.05, 4.69) is 6.92 Å². The molecule has 1 rings (SSSR count). The van der Waals surface area contributed by atoms with Gasteiger partial charge in [0, 0.05) is 12.0 Å². The van der Waals surface area contributed by atoms with E-state index in [4.69, 9.17) is 0 Å². The van der Waals surface area contributed by atoms with Crippen molar-refractivity contribution in [2.45, 2.75) is 33.6 Å². The summed E-state index contributed by atoms with van der Waals surface area (Å²) >= 11 is 0. The molecule has 13 heavy (non-hydrogen) atoms. The van der Waals surface area contributed by atoms with Crippen molar-refractivity contribution in [1.29, 1.82) is 0 Å². The lowest BCUT2D eigenvalue weighted by Crippen LogP contribution is -2.04. The predicted octanol–water partition coefficient (Wildman–Crippen LogP) is 3.15. The van der Waals surface area contributed by atoms with E-state index < -0.39 is 0 Å². The molecule has 0 N–H and O–H groups in total. The number of rotatable bonds is 3. The number of carbonyl (C=O) groups is 1. The third-order valence-corrected chi connectivity index (χ3v) is 2.34. The summed E-state index contributed by atoms with van der Waals surface area (Å²) in [5.41, 5.74) is 3.21. The van der Waals surface area contributed by atoms with Crippen LogP contribution in [0.2, 0.25) is 0 Å². The summed E-state index contributed by atoms with van der Waals surface area (Å²) in [6.07, 6.45) is 1.53. The van der Waals surface area contributed by atoms with Crippen molar-refractivity contribution in [1.82, 2.24) is 0 Å². The first-order valence-corrected chi connectivity index (χ1v) is 4.82. The SMILES string of the molecule is CCC(=O)c1c(C)cccc1CC. The summed E-state index contributed by atoms with van der Waals surface area (Å²) in [7, 11) is 0. The van der Waals surface area contributed by atoms with E-state index in [1.807, 2.05) is 32.0 Å². The Labute approximate surface area is 79.8 Å². The minimum absolute atomic E-state index is 0.259. The van der Waals surface area contributed by atoms with Crippen LogP contribution < -0.4 is 0 Å². The molecule has 1 aromatic carbocycles. The molecule has 0 amide bonds. The second kappa shape index (κ2) is 4.22. The van der Waals surface area contributed by atoms with Gasteiger partial charge in [-0.2, -0.15) is 0 Å². The number of hydrogen-bond donors (Lipinski definition) is 0. The van der Waals surface area contributed by atoms with Gasteiger partial charge < -0.3 is 0 Å². The summed E-state index contributed by atoms with van der Waals surface area (Å²) in [5.74, 6) is 0.259. The third kappa shape index (κ3) is 1.97. The van der Waals surface area contributed by atoms with Gasteiger partial charge in [-0.05, 0) is 24.5 Å². The topological polar surface area (TPSA) is 17.1 Å². The molecule has 0 heterocycles. The highest BCUT2D eigenvalue weighted by molar-refractivity contribution is 5.98. The van der Waals surface area contributed by atoms with Crippen LogP contribution >= 0.6 is 0 Å². The maximum Gasteiger partial charge on any atom is 0.163 e. The van der Waals surface area contributed by atoms with Crippen LogP contribution in [0.4, 0.5) is 0 Å². The summed E-state index contributed by atoms with van der Waals surface area (Å²) < 4.78 is 0. The van der Waals surface area contributed by atoms with E-state index >= 15 is 0 Å². The van der Waals surface area contributed by atoms with Crippen LogP contribution in [0.5, 0.6) is 0 Å². The number of Topliss-reactive ketones (excluding diaryl/α,β-unsaturated/α-hetero) is 1. The van der Waals surface area contributed by atoms with E-state index in [1.165, 1.54) is 5.56 Å². The second-order valence-electron chi connectivity index (χ2n) is 3.24. The largest absolute Gasteiger partial charge is 0.294 e. The van der Waals surface area contributed by atoms with Crippen LogP contribution in [0, 0.1) is 6.92 Å². The molecule has 0 unspecified atom stereocenters. The van der Waals surface area contributed by atoms with Gasteiger partial charge in [-0.3, -0.25) is 4.79 Å². The minimum atomic E-state index is 0.259. The van der Waals surface area contributed by atoms with Crippen molar-refractivity contribution in [3.63, 3.8) is 0 Å². The van der Waals surface area contributed by atoms with Gasteiger partial charge in [0.15, 0.2) is 5.78 Å². The van der Waals surface area contributed by atoms with Crippen molar-refractivity contribution in [2.75, 3.05) is 0 Å². The zero-order chi connectivity index (χ0) is 9.84. The lowest BCUT2D eigenvalue weighted by atomic mass is 9.96. The monoisotopic (exact) mass is 176 g/mol. The molecular formula is C12H16O. The zero-order valence-corrected chi connectivity index (χ0v) is 8.55. The third-order valence-electron chi connectivity index (χ3n) is 2.34. The molecule has 0 radical (unpaired) electrons. The number of benzene rings is 1. The van der Waals surface area contributed by atoms with Gasteiger partial charge in [-0.1, -0.05) is 32.0 Å². The molecule has 0 aromatic heterocycles. The summed E-state index contributed by atoms with van der Waals surface area (Å²) in [6, 6.07) is 6.05. The van der Waals surface area contributed by atoms with Crippen molar-refractivity contribution in [3.05, 3.63) is 34.9 Å². The van der Waals surface area contributed by atoms with E-state index in [9.17, 15) is 4.79 Å². The van der Waals surface area contributed by atoms with E-state index in [-0.39, 0.29) is 5.78 Å². The summed E-state index contributed by atoms with van der Waals surface area (Å²) in [4.78, 5) is 11.6. The minimum Gasteiger partial charge on any atom is -0.294 e. The normalized spacial score (nSPS) is 10.1. The van der Waals surface area contributed by atoms with Crippen LogP contribution in [0.25, 0.3) is 0 Å². The highest BCUT2D eigenvalue weighted by atomic mass is 16.1. The molecule has 1 heteroatoms. The molecule has 0 spiro atoms. The molecule has 70 valence electrons.